The van der Waals surface area contributed by atoms with Gasteiger partial charge < -0.3 is 4.40 Å². The first-order chi connectivity index (χ1) is 12.9. The molecule has 5 nitrogen and oxygen atoms in total. The molecule has 4 aromatic rings. The van der Waals surface area contributed by atoms with Crippen LogP contribution < -0.4 is 4.72 Å². The number of pyridine rings is 1. The molecule has 0 saturated heterocycles. The van der Waals surface area contributed by atoms with Crippen LogP contribution in [0.4, 0.5) is 5.69 Å². The molecule has 0 amide bonds. The molecule has 0 spiro atoms. The van der Waals surface area contributed by atoms with E-state index < -0.39 is 10.0 Å². The van der Waals surface area contributed by atoms with Crippen molar-refractivity contribution in [2.75, 3.05) is 4.72 Å². The van der Waals surface area contributed by atoms with Crippen molar-refractivity contribution < 1.29 is 8.42 Å². The van der Waals surface area contributed by atoms with E-state index in [-0.39, 0.29) is 9.92 Å². The highest BCUT2D eigenvalue weighted by molar-refractivity contribution is 7.92. The number of aromatic nitrogens is 2. The molecule has 0 unspecified atom stereocenters. The molecule has 4 rings (SSSR count). The smallest absolute Gasteiger partial charge is 0.263 e. The van der Waals surface area contributed by atoms with E-state index in [1.165, 1.54) is 18.2 Å². The molecule has 27 heavy (non-hydrogen) atoms. The second-order valence-electron chi connectivity index (χ2n) is 5.85. The molecule has 136 valence electrons. The molecule has 0 atom stereocenters. The Balaban J connectivity index is 1.60. The fourth-order valence-corrected chi connectivity index (χ4v) is 4.52. The number of benzene rings is 2. The Morgan fingerprint density at radius 2 is 1.74 bits per heavy atom. The molecule has 8 heteroatoms. The van der Waals surface area contributed by atoms with Crippen LogP contribution >= 0.6 is 23.2 Å². The number of rotatable bonds is 4. The first-order valence-corrected chi connectivity index (χ1v) is 10.2. The number of hydrogen-bond donors (Lipinski definition) is 1. The third-order valence-corrected chi connectivity index (χ3v) is 6.08. The van der Waals surface area contributed by atoms with Crippen LogP contribution in [0.2, 0.25) is 10.0 Å². The molecule has 0 aliphatic heterocycles. The molecule has 2 heterocycles. The maximum atomic E-state index is 12.6. The summed E-state index contributed by atoms with van der Waals surface area (Å²) in [5.41, 5.74) is 2.95. The van der Waals surface area contributed by atoms with E-state index in [1.54, 1.807) is 12.1 Å². The Hall–Kier alpha value is -2.54. The normalized spacial score (nSPS) is 11.6. The molecule has 2 aromatic carbocycles. The van der Waals surface area contributed by atoms with Crippen molar-refractivity contribution in [2.24, 2.45) is 0 Å². The number of hydrogen-bond acceptors (Lipinski definition) is 3. The SMILES string of the molecule is O=S(=O)(Nc1ccc(-c2cn3ccccc3n2)cc1)c1ccc(Cl)cc1Cl. The van der Waals surface area contributed by atoms with Crippen molar-refractivity contribution in [2.45, 2.75) is 4.90 Å². The Kier molecular flexibility index (Phi) is 4.55. The van der Waals surface area contributed by atoms with Crippen LogP contribution in [-0.4, -0.2) is 17.8 Å². The van der Waals surface area contributed by atoms with Gasteiger partial charge in [0.15, 0.2) is 0 Å². The molecular formula is C19H13Cl2N3O2S. The first kappa shape index (κ1) is 17.9. The van der Waals surface area contributed by atoms with E-state index in [1.807, 2.05) is 47.1 Å². The van der Waals surface area contributed by atoms with Gasteiger partial charge in [-0.1, -0.05) is 41.4 Å². The number of anilines is 1. The maximum absolute atomic E-state index is 12.6. The van der Waals surface area contributed by atoms with Gasteiger partial charge in [-0.15, -0.1) is 0 Å². The molecule has 0 bridgehead atoms. The van der Waals surface area contributed by atoms with Crippen molar-refractivity contribution in [3.8, 4) is 11.3 Å². The van der Waals surface area contributed by atoms with Gasteiger partial charge in [-0.2, -0.15) is 0 Å². The Labute approximate surface area is 166 Å². The summed E-state index contributed by atoms with van der Waals surface area (Å²) in [5, 5.41) is 0.437. The average Bonchev–Trinajstić information content (AvgIpc) is 3.05. The lowest BCUT2D eigenvalue weighted by molar-refractivity contribution is 0.601. The zero-order valence-electron chi connectivity index (χ0n) is 13.8. The van der Waals surface area contributed by atoms with Gasteiger partial charge in [0.1, 0.15) is 10.5 Å². The fourth-order valence-electron chi connectivity index (χ4n) is 2.69. The van der Waals surface area contributed by atoms with Crippen molar-refractivity contribution >= 4 is 44.6 Å². The zero-order valence-corrected chi connectivity index (χ0v) is 16.1. The highest BCUT2D eigenvalue weighted by Gasteiger charge is 2.18. The summed E-state index contributed by atoms with van der Waals surface area (Å²) in [4.78, 5) is 4.52. The molecule has 2 aromatic heterocycles. The monoisotopic (exact) mass is 417 g/mol. The van der Waals surface area contributed by atoms with Gasteiger partial charge in [0.25, 0.3) is 10.0 Å². The molecule has 0 aliphatic rings. The van der Waals surface area contributed by atoms with Gasteiger partial charge in [0, 0.05) is 28.7 Å². The molecule has 0 radical (unpaired) electrons. The van der Waals surface area contributed by atoms with Crippen LogP contribution in [0.15, 0.2) is 78.0 Å². The maximum Gasteiger partial charge on any atom is 0.263 e. The predicted molar refractivity (Wildman–Crippen MR) is 108 cm³/mol. The second kappa shape index (κ2) is 6.88. The van der Waals surface area contributed by atoms with Crippen LogP contribution in [0, 0.1) is 0 Å². The third-order valence-electron chi connectivity index (χ3n) is 3.98. The lowest BCUT2D eigenvalue weighted by Gasteiger charge is -2.10. The number of nitrogens with one attached hydrogen (secondary N) is 1. The van der Waals surface area contributed by atoms with E-state index in [0.717, 1.165) is 16.9 Å². The average molecular weight is 418 g/mol. The van der Waals surface area contributed by atoms with Crippen LogP contribution in [0.1, 0.15) is 0 Å². The van der Waals surface area contributed by atoms with Crippen molar-refractivity contribution in [3.63, 3.8) is 0 Å². The Morgan fingerprint density at radius 1 is 0.963 bits per heavy atom. The number of nitrogens with zero attached hydrogens (tertiary/aromatic N) is 2. The topological polar surface area (TPSA) is 63.5 Å². The zero-order chi connectivity index (χ0) is 19.0. The number of fused-ring (bicyclic) bond motifs is 1. The van der Waals surface area contributed by atoms with Gasteiger partial charge >= 0.3 is 0 Å². The highest BCUT2D eigenvalue weighted by atomic mass is 35.5. The Morgan fingerprint density at radius 3 is 2.44 bits per heavy atom. The van der Waals surface area contributed by atoms with Gasteiger partial charge in [-0.05, 0) is 42.5 Å². The summed E-state index contributed by atoms with van der Waals surface area (Å²) in [6, 6.07) is 17.0. The van der Waals surface area contributed by atoms with Crippen LogP contribution in [0.3, 0.4) is 0 Å². The van der Waals surface area contributed by atoms with Gasteiger partial charge in [0.2, 0.25) is 0 Å². The summed E-state index contributed by atoms with van der Waals surface area (Å²) in [5.74, 6) is 0. The highest BCUT2D eigenvalue weighted by Crippen LogP contribution is 2.27. The standard InChI is InChI=1S/C19H13Cl2N3O2S/c20-14-6-9-18(16(21)11-14)27(25,26)23-15-7-4-13(5-8-15)17-12-24-10-2-1-3-19(24)22-17/h1-12,23H. The third kappa shape index (κ3) is 3.64. The minimum atomic E-state index is -3.82. The first-order valence-electron chi connectivity index (χ1n) is 7.94. The van der Waals surface area contributed by atoms with E-state index in [2.05, 4.69) is 9.71 Å². The predicted octanol–water partition coefficient (Wildman–Crippen LogP) is 5.11. The summed E-state index contributed by atoms with van der Waals surface area (Å²) in [6.45, 7) is 0. The summed E-state index contributed by atoms with van der Waals surface area (Å²) in [7, 11) is -3.82. The summed E-state index contributed by atoms with van der Waals surface area (Å²) < 4.78 is 29.5. The van der Waals surface area contributed by atoms with Crippen LogP contribution in [0.25, 0.3) is 16.9 Å². The minimum Gasteiger partial charge on any atom is -0.306 e. The van der Waals surface area contributed by atoms with Crippen molar-refractivity contribution in [1.82, 2.24) is 9.38 Å². The molecule has 1 N–H and O–H groups in total. The minimum absolute atomic E-state index is 0.0296. The van der Waals surface area contributed by atoms with Crippen LogP contribution in [0.5, 0.6) is 0 Å². The largest absolute Gasteiger partial charge is 0.306 e. The van der Waals surface area contributed by atoms with Gasteiger partial charge in [0.05, 0.1) is 10.7 Å². The lowest BCUT2D eigenvalue weighted by Crippen LogP contribution is -2.13. The van der Waals surface area contributed by atoms with E-state index in [0.29, 0.717) is 10.7 Å². The summed E-state index contributed by atoms with van der Waals surface area (Å²) in [6.07, 6.45) is 3.84. The van der Waals surface area contributed by atoms with Gasteiger partial charge in [-0.25, -0.2) is 13.4 Å². The number of imidazole rings is 1. The lowest BCUT2D eigenvalue weighted by atomic mass is 10.1. The molecule has 0 aliphatic carbocycles. The van der Waals surface area contributed by atoms with E-state index >= 15 is 0 Å². The van der Waals surface area contributed by atoms with Gasteiger partial charge in [-0.3, -0.25) is 4.72 Å². The fraction of sp³-hybridized carbons (Fsp3) is 0. The number of sulfonamides is 1. The molecular weight excluding hydrogens is 405 g/mol. The number of halogens is 2. The van der Waals surface area contributed by atoms with Crippen molar-refractivity contribution in [3.05, 3.63) is 83.1 Å². The van der Waals surface area contributed by atoms with Crippen molar-refractivity contribution in [1.29, 1.82) is 0 Å². The Bertz CT molecular complexity index is 1200. The van der Waals surface area contributed by atoms with Crippen LogP contribution in [-0.2, 0) is 10.0 Å². The second-order valence-corrected chi connectivity index (χ2v) is 8.34. The molecule has 0 saturated carbocycles. The molecule has 0 fully saturated rings. The summed E-state index contributed by atoms with van der Waals surface area (Å²) >= 11 is 11.8. The van der Waals surface area contributed by atoms with E-state index in [9.17, 15) is 8.42 Å². The quantitative estimate of drug-likeness (QED) is 0.501. The van der Waals surface area contributed by atoms with E-state index in [4.69, 9.17) is 23.2 Å².